The van der Waals surface area contributed by atoms with E-state index in [0.717, 1.165) is 11.8 Å². The van der Waals surface area contributed by atoms with Crippen LogP contribution in [0.1, 0.15) is 96.8 Å². The number of unbranched alkanes of at least 4 members (excludes halogenated alkanes) is 9. The Kier molecular flexibility index (Phi) is 11.3. The minimum Gasteiger partial charge on any atom is -0.0928 e. The van der Waals surface area contributed by atoms with Gasteiger partial charge in [-0.15, -0.1) is 0 Å². The summed E-state index contributed by atoms with van der Waals surface area (Å²) >= 11 is 3.50. The van der Waals surface area contributed by atoms with E-state index in [9.17, 15) is 0 Å². The molecule has 0 aromatic heterocycles. The summed E-state index contributed by atoms with van der Waals surface area (Å²) < 4.78 is 0. The average Bonchev–Trinajstić information content (AvgIpc) is 3.16. The number of hydrogen-bond acceptors (Lipinski definition) is 0. The van der Waals surface area contributed by atoms with E-state index < -0.39 is 0 Å². The summed E-state index contributed by atoms with van der Waals surface area (Å²) in [5.74, 6) is 2.27. The number of hydrogen-bond donors (Lipinski definition) is 0. The van der Waals surface area contributed by atoms with Gasteiger partial charge in [0.15, 0.2) is 0 Å². The molecule has 0 heterocycles. The zero-order valence-corrected chi connectivity index (χ0v) is 14.7. The highest BCUT2D eigenvalue weighted by atomic mass is 79.9. The minimum absolute atomic E-state index is 1.13. The average molecular weight is 331 g/mol. The van der Waals surface area contributed by atoms with Crippen LogP contribution in [0.25, 0.3) is 0 Å². The third-order valence-electron chi connectivity index (χ3n) is 4.71. The van der Waals surface area contributed by atoms with Gasteiger partial charge in [0.1, 0.15) is 0 Å². The molecule has 0 spiro atoms. The van der Waals surface area contributed by atoms with E-state index in [1.54, 1.807) is 12.8 Å². The van der Waals surface area contributed by atoms with E-state index in [1.165, 1.54) is 82.4 Å². The molecule has 0 amide bonds. The van der Waals surface area contributed by atoms with Gasteiger partial charge in [0.05, 0.1) is 0 Å². The van der Waals surface area contributed by atoms with Crippen LogP contribution in [0.15, 0.2) is 0 Å². The van der Waals surface area contributed by atoms with Crippen LogP contribution in [-0.2, 0) is 0 Å². The summed E-state index contributed by atoms with van der Waals surface area (Å²) in [5, 5.41) is 1.19. The van der Waals surface area contributed by atoms with Gasteiger partial charge in [-0.05, 0) is 24.7 Å². The van der Waals surface area contributed by atoms with E-state index >= 15 is 0 Å². The lowest BCUT2D eigenvalue weighted by Crippen LogP contribution is -1.87. The topological polar surface area (TPSA) is 0 Å². The summed E-state index contributed by atoms with van der Waals surface area (Å²) in [6, 6.07) is 0. The van der Waals surface area contributed by atoms with E-state index in [4.69, 9.17) is 0 Å². The predicted octanol–water partition coefficient (Wildman–Crippen LogP) is 7.11. The highest BCUT2D eigenvalue weighted by Crippen LogP contribution is 2.45. The lowest BCUT2D eigenvalue weighted by atomic mass is 10.0. The van der Waals surface area contributed by atoms with Gasteiger partial charge >= 0.3 is 0 Å². The largest absolute Gasteiger partial charge is 0.0928 e. The highest BCUT2D eigenvalue weighted by molar-refractivity contribution is 9.09. The smallest absolute Gasteiger partial charge is 0.00313 e. The fraction of sp³-hybridized carbons (Fsp3) is 1.00. The second kappa shape index (κ2) is 12.2. The molecule has 114 valence electrons. The van der Waals surface area contributed by atoms with Crippen LogP contribution in [0.3, 0.4) is 0 Å². The molecule has 1 fully saturated rings. The summed E-state index contributed by atoms with van der Waals surface area (Å²) in [6.07, 6.45) is 20.7. The normalized spacial score (nSPS) is 21.8. The zero-order valence-electron chi connectivity index (χ0n) is 13.1. The van der Waals surface area contributed by atoms with Gasteiger partial charge in [0.2, 0.25) is 0 Å². The van der Waals surface area contributed by atoms with Crippen molar-refractivity contribution in [1.29, 1.82) is 0 Å². The fourth-order valence-electron chi connectivity index (χ4n) is 3.24. The van der Waals surface area contributed by atoms with Crippen molar-refractivity contribution < 1.29 is 0 Å². The van der Waals surface area contributed by atoms with E-state index in [-0.39, 0.29) is 0 Å². The number of halogens is 1. The first-order valence-corrected chi connectivity index (χ1v) is 10.1. The fourth-order valence-corrected chi connectivity index (χ4v) is 3.63. The zero-order chi connectivity index (χ0) is 13.8. The van der Waals surface area contributed by atoms with Gasteiger partial charge in [-0.3, -0.25) is 0 Å². The lowest BCUT2D eigenvalue weighted by molar-refractivity contribution is 0.518. The standard InChI is InChI=1S/C18H35Br/c1-2-3-4-7-10-13-17-16-18(17)14-11-8-5-6-9-12-15-19/h17-18H,2-16H2,1H3. The molecule has 1 heteroatoms. The van der Waals surface area contributed by atoms with Gasteiger partial charge in [0.25, 0.3) is 0 Å². The van der Waals surface area contributed by atoms with E-state index in [2.05, 4.69) is 22.9 Å². The van der Waals surface area contributed by atoms with Crippen molar-refractivity contribution in [3.05, 3.63) is 0 Å². The van der Waals surface area contributed by atoms with Crippen molar-refractivity contribution in [2.45, 2.75) is 96.8 Å². The van der Waals surface area contributed by atoms with Gasteiger partial charge < -0.3 is 0 Å². The van der Waals surface area contributed by atoms with E-state index in [0.29, 0.717) is 0 Å². The Morgan fingerprint density at radius 1 is 0.684 bits per heavy atom. The Labute approximate surface area is 130 Å². The van der Waals surface area contributed by atoms with Crippen LogP contribution in [0, 0.1) is 11.8 Å². The van der Waals surface area contributed by atoms with Crippen LogP contribution < -0.4 is 0 Å². The van der Waals surface area contributed by atoms with Crippen molar-refractivity contribution >= 4 is 15.9 Å². The van der Waals surface area contributed by atoms with Crippen LogP contribution >= 0.6 is 15.9 Å². The van der Waals surface area contributed by atoms with Crippen LogP contribution in [0.4, 0.5) is 0 Å². The van der Waals surface area contributed by atoms with Crippen LogP contribution in [-0.4, -0.2) is 5.33 Å². The lowest BCUT2D eigenvalue weighted by Gasteiger charge is -2.02. The van der Waals surface area contributed by atoms with Crippen LogP contribution in [0.2, 0.25) is 0 Å². The number of rotatable bonds is 14. The monoisotopic (exact) mass is 330 g/mol. The Bertz CT molecular complexity index is 190. The quantitative estimate of drug-likeness (QED) is 0.235. The molecule has 0 aliphatic heterocycles. The second-order valence-electron chi connectivity index (χ2n) is 6.56. The minimum atomic E-state index is 1.13. The van der Waals surface area contributed by atoms with Crippen molar-refractivity contribution in [3.63, 3.8) is 0 Å². The maximum atomic E-state index is 3.50. The SMILES string of the molecule is CCCCCCCC1CC1CCCCCCCCBr. The van der Waals surface area contributed by atoms with Crippen molar-refractivity contribution in [2.24, 2.45) is 11.8 Å². The van der Waals surface area contributed by atoms with Crippen LogP contribution in [0.5, 0.6) is 0 Å². The Morgan fingerprint density at radius 3 is 1.68 bits per heavy atom. The molecule has 2 unspecified atom stereocenters. The Hall–Kier alpha value is 0.480. The van der Waals surface area contributed by atoms with Gasteiger partial charge in [-0.25, -0.2) is 0 Å². The van der Waals surface area contributed by atoms with Gasteiger partial charge in [-0.1, -0.05) is 99.9 Å². The Balaban J connectivity index is 1.76. The maximum absolute atomic E-state index is 3.50. The molecule has 19 heavy (non-hydrogen) atoms. The molecular formula is C18H35Br. The number of alkyl halides is 1. The molecule has 0 aromatic rings. The third kappa shape index (κ3) is 9.93. The molecule has 0 radical (unpaired) electrons. The summed E-state index contributed by atoms with van der Waals surface area (Å²) in [7, 11) is 0. The first kappa shape index (κ1) is 17.5. The van der Waals surface area contributed by atoms with Gasteiger partial charge in [0, 0.05) is 5.33 Å². The summed E-state index contributed by atoms with van der Waals surface area (Å²) in [5.41, 5.74) is 0. The highest BCUT2D eigenvalue weighted by Gasteiger charge is 2.34. The molecule has 0 N–H and O–H groups in total. The third-order valence-corrected chi connectivity index (χ3v) is 5.27. The molecule has 1 aliphatic carbocycles. The summed E-state index contributed by atoms with van der Waals surface area (Å²) in [4.78, 5) is 0. The summed E-state index contributed by atoms with van der Waals surface area (Å²) in [6.45, 7) is 2.30. The van der Waals surface area contributed by atoms with E-state index in [1.807, 2.05) is 0 Å². The molecule has 0 bridgehead atoms. The second-order valence-corrected chi connectivity index (χ2v) is 7.35. The molecule has 0 nitrogen and oxygen atoms in total. The molecule has 1 aliphatic rings. The van der Waals surface area contributed by atoms with Crippen molar-refractivity contribution in [3.8, 4) is 0 Å². The molecule has 0 aromatic carbocycles. The first-order chi connectivity index (χ1) is 9.38. The molecule has 0 saturated heterocycles. The molecule has 2 atom stereocenters. The predicted molar refractivity (Wildman–Crippen MR) is 91.1 cm³/mol. The Morgan fingerprint density at radius 2 is 1.16 bits per heavy atom. The maximum Gasteiger partial charge on any atom is 0.00313 e. The molecule has 1 rings (SSSR count). The molecule has 1 saturated carbocycles. The van der Waals surface area contributed by atoms with Crippen molar-refractivity contribution in [2.75, 3.05) is 5.33 Å². The van der Waals surface area contributed by atoms with Gasteiger partial charge in [-0.2, -0.15) is 0 Å². The first-order valence-electron chi connectivity index (χ1n) is 8.94. The van der Waals surface area contributed by atoms with Crippen molar-refractivity contribution in [1.82, 2.24) is 0 Å². The molecular weight excluding hydrogens is 296 g/mol.